The third-order valence-corrected chi connectivity index (χ3v) is 10.0. The van der Waals surface area contributed by atoms with E-state index in [1.807, 2.05) is 0 Å². The van der Waals surface area contributed by atoms with Gasteiger partial charge in [0.1, 0.15) is 6.04 Å². The van der Waals surface area contributed by atoms with Gasteiger partial charge in [0, 0.05) is 19.3 Å². The Morgan fingerprint density at radius 1 is 1.12 bits per heavy atom. The second kappa shape index (κ2) is 9.85. The highest BCUT2D eigenvalue weighted by molar-refractivity contribution is 7.91. The Kier molecular flexibility index (Phi) is 7.03. The van der Waals surface area contributed by atoms with Crippen LogP contribution in [0.1, 0.15) is 61.8 Å². The number of sulfone groups is 1. The van der Waals surface area contributed by atoms with Crippen LogP contribution < -0.4 is 5.32 Å². The molecule has 0 bridgehead atoms. The molecule has 2 atom stereocenters. The number of nitrogens with zero attached hydrogens (tertiary/aromatic N) is 1. The third kappa shape index (κ3) is 5.48. The van der Waals surface area contributed by atoms with Gasteiger partial charge in [0.05, 0.1) is 22.7 Å². The van der Waals surface area contributed by atoms with Gasteiger partial charge in [-0.15, -0.1) is 0 Å². The number of hydrogen-bond acceptors (Lipinski definition) is 6. The number of amides is 2. The zero-order valence-electron chi connectivity index (χ0n) is 22.1. The molecule has 0 saturated heterocycles. The molecule has 2 saturated carbocycles. The van der Waals surface area contributed by atoms with Crippen LogP contribution in [0.2, 0.25) is 0 Å². The Bertz CT molecular complexity index is 1430. The summed E-state index contributed by atoms with van der Waals surface area (Å²) >= 11 is 0. The number of anilines is 1. The lowest BCUT2D eigenvalue weighted by atomic mass is 9.95. The van der Waals surface area contributed by atoms with Crippen LogP contribution in [0.4, 0.5) is 18.9 Å². The first-order valence-electron chi connectivity index (χ1n) is 13.1. The van der Waals surface area contributed by atoms with Gasteiger partial charge in [0.25, 0.3) is 5.91 Å². The number of alkyl halides is 3. The molecular weight excluding hydrogens is 549 g/mol. The van der Waals surface area contributed by atoms with Crippen molar-refractivity contribution in [2.75, 3.05) is 18.2 Å². The third-order valence-electron chi connectivity index (χ3n) is 8.12. The lowest BCUT2D eigenvalue weighted by molar-refractivity contribution is -0.258. The second-order valence-corrected chi connectivity index (χ2v) is 13.2. The summed E-state index contributed by atoms with van der Waals surface area (Å²) in [6.07, 6.45) is -1.64. The highest BCUT2D eigenvalue weighted by Crippen LogP contribution is 2.45. The molecule has 0 radical (unpaired) electrons. The lowest BCUT2D eigenvalue weighted by Crippen LogP contribution is -2.39. The van der Waals surface area contributed by atoms with Crippen LogP contribution in [-0.2, 0) is 36.3 Å². The van der Waals surface area contributed by atoms with Crippen LogP contribution in [0.3, 0.4) is 0 Å². The van der Waals surface area contributed by atoms with Gasteiger partial charge in [-0.2, -0.15) is 13.2 Å². The average molecular weight is 581 g/mol. The molecule has 2 fully saturated rings. The van der Waals surface area contributed by atoms with Crippen molar-refractivity contribution in [3.8, 4) is 0 Å². The Morgan fingerprint density at radius 2 is 1.77 bits per heavy atom. The van der Waals surface area contributed by atoms with E-state index in [-0.39, 0.29) is 41.1 Å². The van der Waals surface area contributed by atoms with Gasteiger partial charge in [-0.25, -0.2) is 8.42 Å². The fourth-order valence-corrected chi connectivity index (χ4v) is 6.79. The van der Waals surface area contributed by atoms with Crippen molar-refractivity contribution in [1.29, 1.82) is 0 Å². The normalized spacial score (nSPS) is 21.4. The average Bonchev–Trinajstić information content (AvgIpc) is 3.81. The maximum Gasteiger partial charge on any atom is 0.421 e. The van der Waals surface area contributed by atoms with E-state index >= 15 is 0 Å². The minimum absolute atomic E-state index is 0.0340. The first kappa shape index (κ1) is 28.6. The number of ether oxygens (including phenoxy) is 1. The number of nitrogens with one attached hydrogen (secondary N) is 1. The number of rotatable bonds is 9. The molecule has 5 rings (SSSR count). The molecule has 2 aromatic rings. The van der Waals surface area contributed by atoms with Gasteiger partial charge < -0.3 is 20.1 Å². The van der Waals surface area contributed by atoms with Crippen LogP contribution in [0, 0.1) is 5.92 Å². The maximum atomic E-state index is 13.5. The predicted octanol–water partition coefficient (Wildman–Crippen LogP) is 4.23. The first-order chi connectivity index (χ1) is 18.7. The summed E-state index contributed by atoms with van der Waals surface area (Å²) in [6.45, 7) is 0.678. The van der Waals surface area contributed by atoms with Crippen molar-refractivity contribution in [3.05, 3.63) is 59.2 Å². The van der Waals surface area contributed by atoms with Crippen LogP contribution in [0.5, 0.6) is 0 Å². The molecule has 2 aliphatic carbocycles. The van der Waals surface area contributed by atoms with Crippen LogP contribution in [0.15, 0.2) is 47.4 Å². The molecule has 12 heteroatoms. The van der Waals surface area contributed by atoms with E-state index in [4.69, 9.17) is 4.74 Å². The molecule has 2 unspecified atom stereocenters. The van der Waals surface area contributed by atoms with E-state index in [0.29, 0.717) is 30.9 Å². The second-order valence-electron chi connectivity index (χ2n) is 11.2. The highest BCUT2D eigenvalue weighted by Gasteiger charge is 2.51. The molecule has 40 heavy (non-hydrogen) atoms. The largest absolute Gasteiger partial charge is 0.421 e. The summed E-state index contributed by atoms with van der Waals surface area (Å²) in [5.74, 6) is -0.704. The molecule has 2 N–H and O–H groups in total. The number of carbonyl (C=O) groups excluding carboxylic acids is 2. The molecule has 1 aliphatic heterocycles. The Hall–Kier alpha value is -2.96. The van der Waals surface area contributed by atoms with Gasteiger partial charge in [-0.05, 0) is 79.5 Å². The SMILES string of the molecule is COC1(CC(=O)N2Cc3cc(S(=O)(=O)CC4CC4)ccc3C2C(=O)Nc2ccc(C(C)(O)C(F)(F)F)cc2)CC1. The predicted molar refractivity (Wildman–Crippen MR) is 139 cm³/mol. The van der Waals surface area contributed by atoms with Crippen molar-refractivity contribution in [2.24, 2.45) is 5.92 Å². The minimum atomic E-state index is -4.89. The standard InChI is InChI=1S/C28H31F3N2O6S/c1-26(36,28(29,30)31)19-5-7-20(8-6-19)32-25(35)24-22-10-9-21(40(37,38)16-17-3-4-17)13-18(22)15-33(24)23(34)14-27(39-2)11-12-27/h5-10,13,17,24,36H,3-4,11-12,14-16H2,1-2H3,(H,32,35). The quantitative estimate of drug-likeness (QED) is 0.459. The Morgan fingerprint density at radius 3 is 2.33 bits per heavy atom. The minimum Gasteiger partial charge on any atom is -0.378 e. The fourth-order valence-electron chi connectivity index (χ4n) is 5.05. The summed E-state index contributed by atoms with van der Waals surface area (Å²) in [5.41, 5.74) is -2.83. The number of fused-ring (bicyclic) bond motifs is 1. The molecule has 2 aromatic carbocycles. The van der Waals surface area contributed by atoms with Crippen molar-refractivity contribution in [1.82, 2.24) is 4.90 Å². The molecule has 216 valence electrons. The van der Waals surface area contributed by atoms with Crippen LogP contribution >= 0.6 is 0 Å². The van der Waals surface area contributed by atoms with Crippen molar-refractivity contribution in [2.45, 2.75) is 73.9 Å². The summed E-state index contributed by atoms with van der Waals surface area (Å²) in [6, 6.07) is 8.09. The summed E-state index contributed by atoms with van der Waals surface area (Å²) in [7, 11) is -1.99. The number of benzene rings is 2. The van der Waals surface area contributed by atoms with Gasteiger partial charge in [0.2, 0.25) is 5.91 Å². The molecule has 8 nitrogen and oxygen atoms in total. The molecule has 3 aliphatic rings. The van der Waals surface area contributed by atoms with E-state index in [1.54, 1.807) is 6.07 Å². The van der Waals surface area contributed by atoms with Crippen molar-refractivity contribution < 1.29 is 41.0 Å². The zero-order valence-corrected chi connectivity index (χ0v) is 22.9. The maximum absolute atomic E-state index is 13.5. The molecule has 0 spiro atoms. The van der Waals surface area contributed by atoms with Crippen molar-refractivity contribution in [3.63, 3.8) is 0 Å². The van der Waals surface area contributed by atoms with Gasteiger partial charge in [-0.1, -0.05) is 18.2 Å². The van der Waals surface area contributed by atoms with Crippen LogP contribution in [-0.4, -0.2) is 54.9 Å². The Labute approximate surface area is 230 Å². The monoisotopic (exact) mass is 580 g/mol. The molecule has 1 heterocycles. The topological polar surface area (TPSA) is 113 Å². The molecule has 0 aromatic heterocycles. The summed E-state index contributed by atoms with van der Waals surface area (Å²) < 4.78 is 70.9. The summed E-state index contributed by atoms with van der Waals surface area (Å²) in [5, 5.41) is 12.6. The van der Waals surface area contributed by atoms with E-state index in [9.17, 15) is 36.3 Å². The van der Waals surface area contributed by atoms with E-state index < -0.39 is 44.7 Å². The van der Waals surface area contributed by atoms with Gasteiger partial charge >= 0.3 is 6.18 Å². The van der Waals surface area contributed by atoms with E-state index in [1.165, 1.54) is 36.3 Å². The highest BCUT2D eigenvalue weighted by atomic mass is 32.2. The van der Waals surface area contributed by atoms with E-state index in [0.717, 1.165) is 25.0 Å². The number of hydrogen-bond donors (Lipinski definition) is 2. The fraction of sp³-hybridized carbons (Fsp3) is 0.500. The first-order valence-corrected chi connectivity index (χ1v) is 14.7. The lowest BCUT2D eigenvalue weighted by Gasteiger charge is -2.27. The summed E-state index contributed by atoms with van der Waals surface area (Å²) in [4.78, 5) is 28.5. The van der Waals surface area contributed by atoms with Crippen LogP contribution in [0.25, 0.3) is 0 Å². The number of methoxy groups -OCH3 is 1. The van der Waals surface area contributed by atoms with Gasteiger partial charge in [-0.3, -0.25) is 9.59 Å². The van der Waals surface area contributed by atoms with Crippen molar-refractivity contribution >= 4 is 27.3 Å². The smallest absolute Gasteiger partial charge is 0.378 e. The zero-order chi connectivity index (χ0) is 29.1. The van der Waals surface area contributed by atoms with E-state index in [2.05, 4.69) is 5.32 Å². The van der Waals surface area contributed by atoms with Gasteiger partial charge in [0.15, 0.2) is 15.4 Å². The number of carbonyl (C=O) groups is 2. The Balaban J connectivity index is 1.41. The molecular formula is C28H31F3N2O6S. The number of aliphatic hydroxyl groups is 1. The number of halogens is 3. The molecule has 2 amide bonds.